The highest BCUT2D eigenvalue weighted by Gasteiger charge is 2.38. The zero-order chi connectivity index (χ0) is 25.3. The number of carbonyl (C=O) groups is 2. The molecule has 0 saturated carbocycles. The molecule has 1 aliphatic heterocycles. The Balaban J connectivity index is 1.95. The number of carbonyl (C=O) groups excluding carboxylic acids is 2. The van der Waals surface area contributed by atoms with Gasteiger partial charge in [-0.3, -0.25) is 9.69 Å². The molecule has 184 valence electrons. The summed E-state index contributed by atoms with van der Waals surface area (Å²) >= 11 is 0. The Morgan fingerprint density at radius 3 is 2.38 bits per heavy atom. The van der Waals surface area contributed by atoms with Gasteiger partial charge in [-0.2, -0.15) is 0 Å². The van der Waals surface area contributed by atoms with E-state index in [4.69, 9.17) is 9.47 Å². The van der Waals surface area contributed by atoms with Gasteiger partial charge in [-0.25, -0.2) is 9.18 Å². The lowest BCUT2D eigenvalue weighted by Crippen LogP contribution is -2.47. The van der Waals surface area contributed by atoms with E-state index in [1.54, 1.807) is 39.0 Å². The third kappa shape index (κ3) is 5.88. The molecule has 0 radical (unpaired) electrons. The van der Waals surface area contributed by atoms with E-state index in [2.05, 4.69) is 5.32 Å². The number of halogens is 1. The third-order valence-electron chi connectivity index (χ3n) is 5.57. The molecule has 3 rings (SSSR count). The second-order valence-corrected chi connectivity index (χ2v) is 10.6. The Morgan fingerprint density at radius 1 is 1.09 bits per heavy atom. The van der Waals surface area contributed by atoms with Crippen LogP contribution in [0.1, 0.15) is 71.2 Å². The van der Waals surface area contributed by atoms with Crippen LogP contribution in [-0.2, 0) is 21.4 Å². The monoisotopic (exact) mass is 470 g/mol. The fourth-order valence-corrected chi connectivity index (χ4v) is 4.07. The van der Waals surface area contributed by atoms with E-state index in [1.807, 2.05) is 39.8 Å². The molecule has 34 heavy (non-hydrogen) atoms. The van der Waals surface area contributed by atoms with Gasteiger partial charge in [-0.05, 0) is 80.5 Å². The molecule has 1 heterocycles. The van der Waals surface area contributed by atoms with Crippen LogP contribution in [0.4, 0.5) is 14.9 Å². The van der Waals surface area contributed by atoms with Gasteiger partial charge in [0.15, 0.2) is 0 Å². The summed E-state index contributed by atoms with van der Waals surface area (Å²) in [4.78, 5) is 27.9. The number of ether oxygens (including phenoxy) is 2. The second kappa shape index (κ2) is 9.65. The van der Waals surface area contributed by atoms with Gasteiger partial charge < -0.3 is 14.8 Å². The smallest absolute Gasteiger partial charge is 0.411 e. The molecule has 0 aromatic heterocycles. The van der Waals surface area contributed by atoms with Gasteiger partial charge in [0.1, 0.15) is 23.2 Å². The molecule has 0 aliphatic carbocycles. The van der Waals surface area contributed by atoms with E-state index < -0.39 is 23.6 Å². The molecule has 2 amide bonds. The molecule has 2 aromatic carbocycles. The maximum absolute atomic E-state index is 14.7. The largest absolute Gasteiger partial charge is 0.494 e. The van der Waals surface area contributed by atoms with Gasteiger partial charge in [-0.1, -0.05) is 32.9 Å². The number of hydrogen-bond acceptors (Lipinski definition) is 4. The molecular formula is C27H35FN2O4. The van der Waals surface area contributed by atoms with Gasteiger partial charge in [0.25, 0.3) is 5.91 Å². The minimum absolute atomic E-state index is 0.312. The van der Waals surface area contributed by atoms with Crippen molar-refractivity contribution in [2.24, 2.45) is 0 Å². The lowest BCUT2D eigenvalue weighted by molar-refractivity contribution is -0.122. The van der Waals surface area contributed by atoms with Crippen molar-refractivity contribution in [2.75, 3.05) is 18.5 Å². The predicted octanol–water partition coefficient (Wildman–Crippen LogP) is 5.99. The van der Waals surface area contributed by atoms with Crippen LogP contribution in [0.5, 0.6) is 5.75 Å². The number of anilines is 1. The first-order valence-electron chi connectivity index (χ1n) is 11.7. The third-order valence-corrected chi connectivity index (χ3v) is 5.57. The fraction of sp³-hybridized carbons (Fsp3) is 0.481. The number of fused-ring (bicyclic) bond motifs is 1. The molecule has 1 aliphatic rings. The maximum Gasteiger partial charge on any atom is 0.411 e. The van der Waals surface area contributed by atoms with Crippen LogP contribution >= 0.6 is 0 Å². The first-order chi connectivity index (χ1) is 15.8. The summed E-state index contributed by atoms with van der Waals surface area (Å²) < 4.78 is 25.9. The van der Waals surface area contributed by atoms with Crippen molar-refractivity contribution in [3.8, 4) is 5.75 Å². The standard InChI is InChI=1S/C27H35FN2O4/c1-8-33-19-10-11-20-17(15-19)13-14-30(25(32)34-27(5,6)7)23(20)24(31)29-18-9-12-21(22(28)16-18)26(2,3)4/h9-12,15-16,23H,8,13-14H2,1-7H3,(H,29,31). The van der Waals surface area contributed by atoms with E-state index in [0.717, 1.165) is 5.56 Å². The van der Waals surface area contributed by atoms with E-state index in [1.165, 1.54) is 11.0 Å². The quantitative estimate of drug-likeness (QED) is 0.596. The van der Waals surface area contributed by atoms with Crippen LogP contribution in [0.2, 0.25) is 0 Å². The number of nitrogens with zero attached hydrogens (tertiary/aromatic N) is 1. The van der Waals surface area contributed by atoms with Gasteiger partial charge in [0.2, 0.25) is 0 Å². The average molecular weight is 471 g/mol. The zero-order valence-electron chi connectivity index (χ0n) is 21.1. The second-order valence-electron chi connectivity index (χ2n) is 10.6. The van der Waals surface area contributed by atoms with Gasteiger partial charge in [0, 0.05) is 12.2 Å². The summed E-state index contributed by atoms with van der Waals surface area (Å²) in [5.41, 5.74) is 1.46. The Kier molecular flexibility index (Phi) is 7.24. The van der Waals surface area contributed by atoms with Gasteiger partial charge >= 0.3 is 6.09 Å². The van der Waals surface area contributed by atoms with Crippen LogP contribution in [0.25, 0.3) is 0 Å². The number of nitrogens with one attached hydrogen (secondary N) is 1. The highest BCUT2D eigenvalue weighted by Crippen LogP contribution is 2.35. The summed E-state index contributed by atoms with van der Waals surface area (Å²) in [6, 6.07) is 9.27. The Hall–Kier alpha value is -3.09. The van der Waals surface area contributed by atoms with Crippen molar-refractivity contribution in [2.45, 2.75) is 71.9 Å². The summed E-state index contributed by atoms with van der Waals surface area (Å²) in [6.45, 7) is 13.9. The normalized spacial score (nSPS) is 16.0. The molecule has 0 fully saturated rings. The highest BCUT2D eigenvalue weighted by atomic mass is 19.1. The Labute approximate surface area is 201 Å². The number of amides is 2. The number of hydrogen-bond donors (Lipinski definition) is 1. The van der Waals surface area contributed by atoms with E-state index >= 15 is 0 Å². The van der Waals surface area contributed by atoms with Crippen LogP contribution in [0, 0.1) is 5.82 Å². The molecule has 7 heteroatoms. The Morgan fingerprint density at radius 2 is 1.79 bits per heavy atom. The van der Waals surface area contributed by atoms with Gasteiger partial charge in [-0.15, -0.1) is 0 Å². The predicted molar refractivity (Wildman–Crippen MR) is 131 cm³/mol. The summed E-state index contributed by atoms with van der Waals surface area (Å²) in [5, 5.41) is 2.80. The molecule has 0 spiro atoms. The van der Waals surface area contributed by atoms with E-state index in [-0.39, 0.29) is 11.2 Å². The molecule has 6 nitrogen and oxygen atoms in total. The number of benzene rings is 2. The molecule has 1 N–H and O–H groups in total. The molecule has 1 atom stereocenters. The SMILES string of the molecule is CCOc1ccc2c(c1)CCN(C(=O)OC(C)(C)C)C2C(=O)Nc1ccc(C(C)(C)C)c(F)c1. The lowest BCUT2D eigenvalue weighted by atomic mass is 9.86. The lowest BCUT2D eigenvalue weighted by Gasteiger charge is -2.37. The molecule has 0 saturated heterocycles. The van der Waals surface area contributed by atoms with Crippen molar-refractivity contribution < 1.29 is 23.5 Å². The highest BCUT2D eigenvalue weighted by molar-refractivity contribution is 5.97. The molecule has 0 bridgehead atoms. The summed E-state index contributed by atoms with van der Waals surface area (Å²) in [6.07, 6.45) is -0.00444. The number of rotatable bonds is 4. The van der Waals surface area contributed by atoms with Crippen LogP contribution < -0.4 is 10.1 Å². The first-order valence-corrected chi connectivity index (χ1v) is 11.7. The van der Waals surface area contributed by atoms with Crippen LogP contribution in [0.3, 0.4) is 0 Å². The summed E-state index contributed by atoms with van der Waals surface area (Å²) in [5.74, 6) is -0.107. The van der Waals surface area contributed by atoms with Crippen LogP contribution in [-0.4, -0.2) is 35.7 Å². The zero-order valence-corrected chi connectivity index (χ0v) is 21.1. The van der Waals surface area contributed by atoms with Crippen molar-refractivity contribution in [3.05, 3.63) is 58.9 Å². The molecule has 2 aromatic rings. The van der Waals surface area contributed by atoms with Crippen molar-refractivity contribution in [1.82, 2.24) is 4.90 Å². The fourth-order valence-electron chi connectivity index (χ4n) is 4.07. The van der Waals surface area contributed by atoms with E-state index in [9.17, 15) is 14.0 Å². The van der Waals surface area contributed by atoms with Crippen molar-refractivity contribution in [3.63, 3.8) is 0 Å². The first kappa shape index (κ1) is 25.5. The maximum atomic E-state index is 14.7. The summed E-state index contributed by atoms with van der Waals surface area (Å²) in [7, 11) is 0. The minimum Gasteiger partial charge on any atom is -0.494 e. The van der Waals surface area contributed by atoms with Crippen LogP contribution in [0.15, 0.2) is 36.4 Å². The minimum atomic E-state index is -0.917. The van der Waals surface area contributed by atoms with Gasteiger partial charge in [0.05, 0.1) is 6.61 Å². The molecular weight excluding hydrogens is 435 g/mol. The van der Waals surface area contributed by atoms with Crippen molar-refractivity contribution >= 4 is 17.7 Å². The van der Waals surface area contributed by atoms with Crippen molar-refractivity contribution in [1.29, 1.82) is 0 Å². The van der Waals surface area contributed by atoms with E-state index in [0.29, 0.717) is 42.1 Å². The molecule has 1 unspecified atom stereocenters. The Bertz CT molecular complexity index is 1070. The topological polar surface area (TPSA) is 67.9 Å². The average Bonchev–Trinajstić information content (AvgIpc) is 2.70.